The van der Waals surface area contributed by atoms with Gasteiger partial charge in [-0.15, -0.1) is 0 Å². The van der Waals surface area contributed by atoms with Crippen molar-refractivity contribution in [1.29, 1.82) is 0 Å². The molecule has 1 aromatic heterocycles. The summed E-state index contributed by atoms with van der Waals surface area (Å²) in [5.41, 5.74) is 5.19. The molecule has 1 atom stereocenters. The van der Waals surface area contributed by atoms with Crippen molar-refractivity contribution in [3.8, 4) is 11.1 Å². The number of benzene rings is 2. The maximum Gasteiger partial charge on any atom is 0.407 e. The lowest BCUT2D eigenvalue weighted by molar-refractivity contribution is -0.146. The normalized spacial score (nSPS) is 15.6. The SMILES string of the molecule is O=C(O)CC1CN(C(=O)C(Cc2cnc[nH]2)NC(=O)OCC2c3ccccc3-c3ccccc32)C1. The average Bonchev–Trinajstić information content (AvgIpc) is 3.45. The Balaban J connectivity index is 1.24. The van der Waals surface area contributed by atoms with Crippen LogP contribution < -0.4 is 5.32 Å². The van der Waals surface area contributed by atoms with E-state index in [4.69, 9.17) is 9.84 Å². The van der Waals surface area contributed by atoms with Crippen molar-refractivity contribution in [2.45, 2.75) is 24.8 Å². The van der Waals surface area contributed by atoms with Crippen LogP contribution in [0.3, 0.4) is 0 Å². The molecule has 0 spiro atoms. The fourth-order valence-corrected chi connectivity index (χ4v) is 4.94. The fraction of sp³-hybridized carbons (Fsp3) is 0.308. The largest absolute Gasteiger partial charge is 0.481 e. The number of fused-ring (bicyclic) bond motifs is 3. The molecule has 0 bridgehead atoms. The number of hydrogen-bond acceptors (Lipinski definition) is 5. The number of rotatable bonds is 8. The van der Waals surface area contributed by atoms with Crippen LogP contribution >= 0.6 is 0 Å². The van der Waals surface area contributed by atoms with Crippen LogP contribution in [0.2, 0.25) is 0 Å². The predicted octanol–water partition coefficient (Wildman–Crippen LogP) is 2.79. The molecule has 1 unspecified atom stereocenters. The minimum absolute atomic E-state index is 0.0226. The van der Waals surface area contributed by atoms with Crippen molar-refractivity contribution >= 4 is 18.0 Å². The summed E-state index contributed by atoms with van der Waals surface area (Å²) in [6.45, 7) is 0.864. The molecule has 1 aliphatic carbocycles. The molecule has 9 heteroatoms. The van der Waals surface area contributed by atoms with Gasteiger partial charge in [-0.2, -0.15) is 0 Å². The standard InChI is InChI=1S/C26H26N4O5/c31-24(32)9-16-12-30(13-16)25(33)23(10-17-11-27-15-28-17)29-26(34)35-14-22-20-7-3-1-5-18(20)19-6-2-4-8-21(19)22/h1-8,11,15-16,22-23H,9-10,12-14H2,(H,27,28)(H,29,34)(H,31,32). The fourth-order valence-electron chi connectivity index (χ4n) is 4.94. The Morgan fingerprint density at radius 1 is 1.09 bits per heavy atom. The van der Waals surface area contributed by atoms with Gasteiger partial charge >= 0.3 is 12.1 Å². The monoisotopic (exact) mass is 474 g/mol. The van der Waals surface area contributed by atoms with E-state index in [1.54, 1.807) is 11.1 Å². The van der Waals surface area contributed by atoms with Crippen molar-refractivity contribution in [3.63, 3.8) is 0 Å². The number of alkyl carbamates (subject to hydrolysis) is 1. The molecule has 1 fully saturated rings. The van der Waals surface area contributed by atoms with Gasteiger partial charge in [0.1, 0.15) is 12.6 Å². The molecular weight excluding hydrogens is 448 g/mol. The van der Waals surface area contributed by atoms with Gasteiger partial charge in [0.15, 0.2) is 0 Å². The lowest BCUT2D eigenvalue weighted by Gasteiger charge is -2.40. The third-order valence-electron chi connectivity index (χ3n) is 6.64. The third-order valence-corrected chi connectivity index (χ3v) is 6.64. The van der Waals surface area contributed by atoms with E-state index in [0.29, 0.717) is 18.8 Å². The van der Waals surface area contributed by atoms with Gasteiger partial charge in [-0.3, -0.25) is 9.59 Å². The Bertz CT molecular complexity index is 1190. The number of nitrogens with one attached hydrogen (secondary N) is 2. The average molecular weight is 475 g/mol. The van der Waals surface area contributed by atoms with Crippen LogP contribution in [0, 0.1) is 5.92 Å². The first-order valence-electron chi connectivity index (χ1n) is 11.6. The number of carbonyl (C=O) groups is 3. The predicted molar refractivity (Wildman–Crippen MR) is 127 cm³/mol. The van der Waals surface area contributed by atoms with Crippen molar-refractivity contribution in [2.24, 2.45) is 5.92 Å². The molecular formula is C26H26N4O5. The smallest absolute Gasteiger partial charge is 0.407 e. The zero-order valence-electron chi connectivity index (χ0n) is 19.0. The summed E-state index contributed by atoms with van der Waals surface area (Å²) in [7, 11) is 0. The highest BCUT2D eigenvalue weighted by molar-refractivity contribution is 5.87. The van der Waals surface area contributed by atoms with Gasteiger partial charge in [-0.05, 0) is 22.3 Å². The van der Waals surface area contributed by atoms with Crippen molar-refractivity contribution in [1.82, 2.24) is 20.2 Å². The summed E-state index contributed by atoms with van der Waals surface area (Å²) in [4.78, 5) is 45.3. The van der Waals surface area contributed by atoms with Crippen LogP contribution in [0.4, 0.5) is 4.79 Å². The zero-order valence-corrected chi connectivity index (χ0v) is 19.0. The number of carboxylic acids is 1. The lowest BCUT2D eigenvalue weighted by Crippen LogP contribution is -2.58. The number of H-pyrrole nitrogens is 1. The van der Waals surface area contributed by atoms with E-state index in [0.717, 1.165) is 22.3 Å². The maximum absolute atomic E-state index is 13.1. The first-order chi connectivity index (χ1) is 17.0. The lowest BCUT2D eigenvalue weighted by atomic mass is 9.95. The number of imidazole rings is 1. The van der Waals surface area contributed by atoms with E-state index in [-0.39, 0.29) is 37.2 Å². The van der Waals surface area contributed by atoms with Gasteiger partial charge in [-0.1, -0.05) is 48.5 Å². The Morgan fingerprint density at radius 2 is 1.74 bits per heavy atom. The Labute approximate surface area is 202 Å². The molecule has 0 saturated carbocycles. The Morgan fingerprint density at radius 3 is 2.34 bits per heavy atom. The summed E-state index contributed by atoms with van der Waals surface area (Å²) in [6, 6.07) is 15.3. The second-order valence-electron chi connectivity index (χ2n) is 9.01. The highest BCUT2D eigenvalue weighted by Gasteiger charge is 2.37. The number of carbonyl (C=O) groups excluding carboxylic acids is 2. The maximum atomic E-state index is 13.1. The number of amides is 2. The number of likely N-dealkylation sites (tertiary alicyclic amines) is 1. The quantitative estimate of drug-likeness (QED) is 0.461. The number of aromatic amines is 1. The summed E-state index contributed by atoms with van der Waals surface area (Å²) in [6.07, 6.45) is 2.69. The van der Waals surface area contributed by atoms with E-state index in [1.165, 1.54) is 6.33 Å². The van der Waals surface area contributed by atoms with Gasteiger partial charge in [0.25, 0.3) is 0 Å². The molecule has 2 heterocycles. The molecule has 180 valence electrons. The molecule has 35 heavy (non-hydrogen) atoms. The summed E-state index contributed by atoms with van der Waals surface area (Å²) < 4.78 is 5.62. The minimum atomic E-state index is -0.882. The highest BCUT2D eigenvalue weighted by atomic mass is 16.5. The van der Waals surface area contributed by atoms with E-state index in [1.807, 2.05) is 36.4 Å². The molecule has 1 aliphatic heterocycles. The van der Waals surface area contributed by atoms with Gasteiger partial charge in [0, 0.05) is 43.2 Å². The summed E-state index contributed by atoms with van der Waals surface area (Å²) in [5, 5.41) is 11.7. The molecule has 2 aromatic carbocycles. The number of aliphatic carboxylic acids is 1. The molecule has 2 amide bonds. The van der Waals surface area contributed by atoms with E-state index < -0.39 is 18.1 Å². The number of aromatic nitrogens is 2. The first kappa shape index (κ1) is 22.6. The molecule has 2 aliphatic rings. The molecule has 1 saturated heterocycles. The molecule has 0 radical (unpaired) electrons. The van der Waals surface area contributed by atoms with Gasteiger partial charge in [-0.25, -0.2) is 9.78 Å². The number of carboxylic acid groups (broad SMARTS) is 1. The molecule has 3 N–H and O–H groups in total. The van der Waals surface area contributed by atoms with Crippen LogP contribution in [0.5, 0.6) is 0 Å². The zero-order chi connectivity index (χ0) is 24.4. The molecule has 3 aromatic rings. The van der Waals surface area contributed by atoms with Crippen molar-refractivity contribution in [2.75, 3.05) is 19.7 Å². The van der Waals surface area contributed by atoms with Crippen LogP contribution in [0.25, 0.3) is 11.1 Å². The molecule has 9 nitrogen and oxygen atoms in total. The van der Waals surface area contributed by atoms with Crippen LogP contribution in [-0.2, 0) is 20.7 Å². The number of ether oxygens (including phenoxy) is 1. The van der Waals surface area contributed by atoms with Gasteiger partial charge in [0.05, 0.1) is 12.7 Å². The summed E-state index contributed by atoms with van der Waals surface area (Å²) >= 11 is 0. The van der Waals surface area contributed by atoms with E-state index in [9.17, 15) is 14.4 Å². The number of nitrogens with zero attached hydrogens (tertiary/aromatic N) is 2. The Kier molecular flexibility index (Phi) is 6.22. The van der Waals surface area contributed by atoms with Crippen LogP contribution in [0.15, 0.2) is 61.1 Å². The second kappa shape index (κ2) is 9.61. The van der Waals surface area contributed by atoms with Crippen molar-refractivity contribution < 1.29 is 24.2 Å². The van der Waals surface area contributed by atoms with Crippen LogP contribution in [0.1, 0.15) is 29.2 Å². The Hall–Kier alpha value is -4.14. The minimum Gasteiger partial charge on any atom is -0.481 e. The topological polar surface area (TPSA) is 125 Å². The van der Waals surface area contributed by atoms with E-state index >= 15 is 0 Å². The second-order valence-corrected chi connectivity index (χ2v) is 9.01. The molecule has 5 rings (SSSR count). The van der Waals surface area contributed by atoms with Crippen molar-refractivity contribution in [3.05, 3.63) is 77.9 Å². The first-order valence-corrected chi connectivity index (χ1v) is 11.6. The van der Waals surface area contributed by atoms with Gasteiger partial charge in [0.2, 0.25) is 5.91 Å². The number of hydrogen-bond donors (Lipinski definition) is 3. The van der Waals surface area contributed by atoms with E-state index in [2.05, 4.69) is 27.4 Å². The van der Waals surface area contributed by atoms with Gasteiger partial charge < -0.3 is 25.0 Å². The third kappa shape index (κ3) is 4.75. The highest BCUT2D eigenvalue weighted by Crippen LogP contribution is 2.44. The summed E-state index contributed by atoms with van der Waals surface area (Å²) in [5.74, 6) is -1.30. The van der Waals surface area contributed by atoms with Crippen LogP contribution in [-0.4, -0.2) is 63.7 Å².